The highest BCUT2D eigenvalue weighted by Gasteiger charge is 2.27. The Morgan fingerprint density at radius 3 is 2.64 bits per heavy atom. The molecule has 1 aromatic rings. The van der Waals surface area contributed by atoms with Crippen LogP contribution in [-0.2, 0) is 11.2 Å². The van der Waals surface area contributed by atoms with Gasteiger partial charge in [-0.1, -0.05) is 26.8 Å². The number of carbonyl (C=O) groups excluding carboxylic acids is 1. The first-order valence-corrected chi connectivity index (χ1v) is 5.61. The highest BCUT2D eigenvalue weighted by molar-refractivity contribution is 7.09. The van der Waals surface area contributed by atoms with E-state index in [9.17, 15) is 4.79 Å². The molecule has 14 heavy (non-hydrogen) atoms. The summed E-state index contributed by atoms with van der Waals surface area (Å²) in [5.41, 5.74) is 5.52. The molecular weight excluding hydrogens is 194 g/mol. The Labute approximate surface area is 89.1 Å². The van der Waals surface area contributed by atoms with E-state index in [-0.39, 0.29) is 17.2 Å². The standard InChI is InChI=1S/C11H17NOS/c1-11(2,3)10(13)9(12)7-8-5-4-6-14-8/h4-6,9H,7,12H2,1-3H3/t9-/m1/s1. The average Bonchev–Trinajstić information content (AvgIpc) is 2.53. The van der Waals surface area contributed by atoms with Crippen molar-refractivity contribution in [3.63, 3.8) is 0 Å². The molecule has 0 aliphatic rings. The van der Waals surface area contributed by atoms with E-state index in [1.54, 1.807) is 11.3 Å². The molecule has 1 heterocycles. The van der Waals surface area contributed by atoms with Gasteiger partial charge in [0.2, 0.25) is 0 Å². The molecule has 0 spiro atoms. The lowest BCUT2D eigenvalue weighted by atomic mass is 9.85. The summed E-state index contributed by atoms with van der Waals surface area (Å²) >= 11 is 1.65. The Kier molecular flexibility index (Phi) is 3.45. The molecule has 2 N–H and O–H groups in total. The highest BCUT2D eigenvalue weighted by atomic mass is 32.1. The Balaban J connectivity index is 2.59. The largest absolute Gasteiger partial charge is 0.321 e. The maximum atomic E-state index is 11.8. The van der Waals surface area contributed by atoms with Gasteiger partial charge in [0, 0.05) is 16.7 Å². The number of nitrogens with two attached hydrogens (primary N) is 1. The first-order valence-electron chi connectivity index (χ1n) is 4.73. The number of rotatable bonds is 3. The minimum Gasteiger partial charge on any atom is -0.321 e. The third-order valence-corrected chi connectivity index (χ3v) is 2.98. The van der Waals surface area contributed by atoms with Gasteiger partial charge in [-0.2, -0.15) is 0 Å². The number of thiophene rings is 1. The summed E-state index contributed by atoms with van der Waals surface area (Å²) in [4.78, 5) is 12.9. The summed E-state index contributed by atoms with van der Waals surface area (Å²) in [6.07, 6.45) is 0.660. The van der Waals surface area contributed by atoms with Crippen LogP contribution in [0.5, 0.6) is 0 Å². The van der Waals surface area contributed by atoms with Crippen molar-refractivity contribution in [1.82, 2.24) is 0 Å². The summed E-state index contributed by atoms with van der Waals surface area (Å²) in [5.74, 6) is 0.130. The van der Waals surface area contributed by atoms with E-state index in [1.165, 1.54) is 4.88 Å². The molecule has 1 aromatic heterocycles. The molecule has 0 aromatic carbocycles. The average molecular weight is 211 g/mol. The van der Waals surface area contributed by atoms with Crippen molar-refractivity contribution in [2.75, 3.05) is 0 Å². The fourth-order valence-electron chi connectivity index (χ4n) is 1.29. The van der Waals surface area contributed by atoms with Gasteiger partial charge in [0.1, 0.15) is 0 Å². The molecule has 0 aliphatic carbocycles. The van der Waals surface area contributed by atoms with Crippen LogP contribution < -0.4 is 5.73 Å². The summed E-state index contributed by atoms with van der Waals surface area (Å²) in [5, 5.41) is 2.00. The Morgan fingerprint density at radius 2 is 2.21 bits per heavy atom. The van der Waals surface area contributed by atoms with Crippen LogP contribution in [-0.4, -0.2) is 11.8 Å². The fourth-order valence-corrected chi connectivity index (χ4v) is 2.06. The van der Waals surface area contributed by atoms with Crippen molar-refractivity contribution < 1.29 is 4.79 Å². The van der Waals surface area contributed by atoms with E-state index in [0.29, 0.717) is 6.42 Å². The molecule has 0 saturated carbocycles. The maximum absolute atomic E-state index is 11.8. The highest BCUT2D eigenvalue weighted by Crippen LogP contribution is 2.19. The molecule has 0 aliphatic heterocycles. The number of hydrogen-bond acceptors (Lipinski definition) is 3. The van der Waals surface area contributed by atoms with Crippen LogP contribution in [0.15, 0.2) is 17.5 Å². The second-order valence-corrected chi connectivity index (χ2v) is 5.54. The Morgan fingerprint density at radius 1 is 1.57 bits per heavy atom. The van der Waals surface area contributed by atoms with E-state index in [0.717, 1.165) is 0 Å². The first kappa shape index (κ1) is 11.4. The van der Waals surface area contributed by atoms with E-state index in [2.05, 4.69) is 0 Å². The van der Waals surface area contributed by atoms with E-state index in [1.807, 2.05) is 38.3 Å². The van der Waals surface area contributed by atoms with Gasteiger partial charge >= 0.3 is 0 Å². The van der Waals surface area contributed by atoms with E-state index in [4.69, 9.17) is 5.73 Å². The SMILES string of the molecule is CC(C)(C)C(=O)[C@H](N)Cc1cccs1. The van der Waals surface area contributed by atoms with Crippen LogP contribution in [0.1, 0.15) is 25.6 Å². The minimum absolute atomic E-state index is 0.130. The van der Waals surface area contributed by atoms with Crippen LogP contribution in [0.4, 0.5) is 0 Å². The Hall–Kier alpha value is -0.670. The van der Waals surface area contributed by atoms with Gasteiger partial charge in [0.15, 0.2) is 5.78 Å². The van der Waals surface area contributed by atoms with Crippen molar-refractivity contribution in [3.05, 3.63) is 22.4 Å². The molecule has 1 atom stereocenters. The smallest absolute Gasteiger partial charge is 0.155 e. The zero-order chi connectivity index (χ0) is 10.8. The maximum Gasteiger partial charge on any atom is 0.155 e. The first-order chi connectivity index (χ1) is 6.41. The summed E-state index contributed by atoms with van der Waals surface area (Å²) in [6, 6.07) is 3.63. The van der Waals surface area contributed by atoms with E-state index >= 15 is 0 Å². The second-order valence-electron chi connectivity index (χ2n) is 4.50. The summed E-state index contributed by atoms with van der Waals surface area (Å²) in [7, 11) is 0. The van der Waals surface area contributed by atoms with Gasteiger partial charge in [-0.25, -0.2) is 0 Å². The van der Waals surface area contributed by atoms with E-state index < -0.39 is 0 Å². The summed E-state index contributed by atoms with van der Waals surface area (Å²) in [6.45, 7) is 5.72. The van der Waals surface area contributed by atoms with Crippen LogP contribution in [0.25, 0.3) is 0 Å². The third-order valence-electron chi connectivity index (χ3n) is 2.08. The zero-order valence-corrected chi connectivity index (χ0v) is 9.73. The van der Waals surface area contributed by atoms with Crippen LogP contribution >= 0.6 is 11.3 Å². The van der Waals surface area contributed by atoms with Gasteiger partial charge in [0.25, 0.3) is 0 Å². The predicted octanol–water partition coefficient (Wildman–Crippen LogP) is 2.23. The van der Waals surface area contributed by atoms with Crippen molar-refractivity contribution >= 4 is 17.1 Å². The third kappa shape index (κ3) is 2.93. The molecule has 0 unspecified atom stereocenters. The van der Waals surface area contributed by atoms with Gasteiger partial charge in [0.05, 0.1) is 6.04 Å². The normalized spacial score (nSPS) is 14.0. The van der Waals surface area contributed by atoms with Gasteiger partial charge in [-0.3, -0.25) is 4.79 Å². The van der Waals surface area contributed by atoms with Gasteiger partial charge in [-0.15, -0.1) is 11.3 Å². The molecule has 1 rings (SSSR count). The molecule has 0 bridgehead atoms. The van der Waals surface area contributed by atoms with Crippen molar-refractivity contribution in [1.29, 1.82) is 0 Å². The fraction of sp³-hybridized carbons (Fsp3) is 0.545. The van der Waals surface area contributed by atoms with Gasteiger partial charge in [-0.05, 0) is 11.4 Å². The lowest BCUT2D eigenvalue weighted by Crippen LogP contribution is -2.40. The Bertz CT molecular complexity index is 298. The number of Topliss-reactive ketones (excluding diaryl/α,β-unsaturated/α-hetero) is 1. The molecule has 78 valence electrons. The quantitative estimate of drug-likeness (QED) is 0.833. The van der Waals surface area contributed by atoms with Gasteiger partial charge < -0.3 is 5.73 Å². The molecule has 0 fully saturated rings. The monoisotopic (exact) mass is 211 g/mol. The second kappa shape index (κ2) is 4.24. The predicted molar refractivity (Wildman–Crippen MR) is 60.5 cm³/mol. The number of ketones is 1. The molecular formula is C11H17NOS. The van der Waals surface area contributed by atoms with Crippen LogP contribution in [0.3, 0.4) is 0 Å². The minimum atomic E-state index is -0.367. The molecule has 2 nitrogen and oxygen atoms in total. The van der Waals surface area contributed by atoms with Crippen molar-refractivity contribution in [2.24, 2.45) is 11.1 Å². The lowest BCUT2D eigenvalue weighted by molar-refractivity contribution is -0.127. The van der Waals surface area contributed by atoms with Crippen molar-refractivity contribution in [2.45, 2.75) is 33.2 Å². The topological polar surface area (TPSA) is 43.1 Å². The molecule has 0 saturated heterocycles. The van der Waals surface area contributed by atoms with Crippen molar-refractivity contribution in [3.8, 4) is 0 Å². The number of hydrogen-bond donors (Lipinski definition) is 1. The van der Waals surface area contributed by atoms with Crippen LogP contribution in [0, 0.1) is 5.41 Å². The zero-order valence-electron chi connectivity index (χ0n) is 8.91. The summed E-state index contributed by atoms with van der Waals surface area (Å²) < 4.78 is 0. The van der Waals surface area contributed by atoms with Crippen LogP contribution in [0.2, 0.25) is 0 Å². The molecule has 0 amide bonds. The molecule has 3 heteroatoms. The molecule has 0 radical (unpaired) electrons. The lowest BCUT2D eigenvalue weighted by Gasteiger charge is -2.21. The number of carbonyl (C=O) groups is 1.